The first-order chi connectivity index (χ1) is 8.66. The molecule has 1 aliphatic carbocycles. The van der Waals surface area contributed by atoms with E-state index in [9.17, 15) is 0 Å². The van der Waals surface area contributed by atoms with Crippen molar-refractivity contribution in [3.05, 3.63) is 17.5 Å². The van der Waals surface area contributed by atoms with Crippen molar-refractivity contribution >= 4 is 16.3 Å². The molecule has 0 bridgehead atoms. The van der Waals surface area contributed by atoms with Gasteiger partial charge in [-0.25, -0.2) is 0 Å². The zero-order valence-electron chi connectivity index (χ0n) is 10.8. The van der Waals surface area contributed by atoms with Gasteiger partial charge in [0.1, 0.15) is 5.82 Å². The standard InChI is InChI=1S/C13H18N4S/c1-8-7-11(14)18-12(8)13-16-15-9(2)17(13)10-5-3-4-6-10/h7,10H,3-6,14H2,1-2H3. The summed E-state index contributed by atoms with van der Waals surface area (Å²) in [5.41, 5.74) is 7.09. The third kappa shape index (κ3) is 1.82. The summed E-state index contributed by atoms with van der Waals surface area (Å²) in [7, 11) is 0. The Labute approximate surface area is 111 Å². The van der Waals surface area contributed by atoms with Gasteiger partial charge in [-0.2, -0.15) is 0 Å². The minimum absolute atomic E-state index is 0.567. The molecule has 0 aliphatic heterocycles. The van der Waals surface area contributed by atoms with E-state index < -0.39 is 0 Å². The molecule has 0 saturated heterocycles. The minimum Gasteiger partial charge on any atom is -0.391 e. The maximum absolute atomic E-state index is 5.89. The summed E-state index contributed by atoms with van der Waals surface area (Å²) < 4.78 is 2.31. The molecule has 2 aromatic heterocycles. The van der Waals surface area contributed by atoms with Gasteiger partial charge < -0.3 is 10.3 Å². The van der Waals surface area contributed by atoms with Crippen LogP contribution in [0.25, 0.3) is 10.7 Å². The molecule has 2 N–H and O–H groups in total. The quantitative estimate of drug-likeness (QED) is 0.903. The lowest BCUT2D eigenvalue weighted by molar-refractivity contribution is 0.510. The fourth-order valence-corrected chi connectivity index (χ4v) is 3.77. The first kappa shape index (κ1) is 11.7. The van der Waals surface area contributed by atoms with Crippen LogP contribution in [0.3, 0.4) is 0 Å². The molecule has 0 amide bonds. The van der Waals surface area contributed by atoms with E-state index in [2.05, 4.69) is 21.7 Å². The van der Waals surface area contributed by atoms with Crippen molar-refractivity contribution in [2.45, 2.75) is 45.6 Å². The highest BCUT2D eigenvalue weighted by Crippen LogP contribution is 2.38. The highest BCUT2D eigenvalue weighted by Gasteiger charge is 2.24. The van der Waals surface area contributed by atoms with Crippen LogP contribution in [0.1, 0.15) is 43.1 Å². The smallest absolute Gasteiger partial charge is 0.174 e. The van der Waals surface area contributed by atoms with Gasteiger partial charge >= 0.3 is 0 Å². The van der Waals surface area contributed by atoms with Gasteiger partial charge in [-0.3, -0.25) is 0 Å². The van der Waals surface area contributed by atoms with Crippen molar-refractivity contribution in [1.29, 1.82) is 0 Å². The van der Waals surface area contributed by atoms with Crippen LogP contribution >= 0.6 is 11.3 Å². The number of rotatable bonds is 2. The first-order valence-corrected chi connectivity index (χ1v) is 7.26. The Morgan fingerprint density at radius 2 is 2.00 bits per heavy atom. The average molecular weight is 262 g/mol. The van der Waals surface area contributed by atoms with E-state index in [1.54, 1.807) is 11.3 Å². The number of nitrogen functional groups attached to an aromatic ring is 1. The Balaban J connectivity index is 2.09. The molecule has 2 aromatic rings. The number of hydrogen-bond acceptors (Lipinski definition) is 4. The maximum atomic E-state index is 5.89. The van der Waals surface area contributed by atoms with Crippen LogP contribution in [-0.4, -0.2) is 14.8 Å². The van der Waals surface area contributed by atoms with Crippen LogP contribution in [0, 0.1) is 13.8 Å². The number of nitrogens with zero attached hydrogens (tertiary/aromatic N) is 3. The van der Waals surface area contributed by atoms with Crippen molar-refractivity contribution in [3.63, 3.8) is 0 Å². The monoisotopic (exact) mass is 262 g/mol. The van der Waals surface area contributed by atoms with Crippen molar-refractivity contribution in [1.82, 2.24) is 14.8 Å². The second-order valence-electron chi connectivity index (χ2n) is 5.04. The number of nitrogens with two attached hydrogens (primary N) is 1. The van der Waals surface area contributed by atoms with Crippen molar-refractivity contribution in [2.24, 2.45) is 0 Å². The Kier molecular flexibility index (Phi) is 2.86. The predicted octanol–water partition coefficient (Wildman–Crippen LogP) is 3.32. The van der Waals surface area contributed by atoms with Crippen molar-refractivity contribution in [2.75, 3.05) is 5.73 Å². The molecular formula is C13H18N4S. The lowest BCUT2D eigenvalue weighted by Gasteiger charge is -2.15. The number of aryl methyl sites for hydroxylation is 2. The number of anilines is 1. The molecular weight excluding hydrogens is 244 g/mol. The SMILES string of the molecule is Cc1cc(N)sc1-c1nnc(C)n1C1CCCC1. The number of hydrogen-bond donors (Lipinski definition) is 1. The summed E-state index contributed by atoms with van der Waals surface area (Å²) in [4.78, 5) is 1.17. The summed E-state index contributed by atoms with van der Waals surface area (Å²) >= 11 is 1.61. The van der Waals surface area contributed by atoms with Gasteiger partial charge in [-0.15, -0.1) is 21.5 Å². The zero-order chi connectivity index (χ0) is 12.7. The average Bonchev–Trinajstić information content (AvgIpc) is 2.99. The van der Waals surface area contributed by atoms with E-state index in [4.69, 9.17) is 5.73 Å². The third-order valence-corrected chi connectivity index (χ3v) is 4.76. The zero-order valence-corrected chi connectivity index (χ0v) is 11.6. The molecule has 1 aliphatic rings. The van der Waals surface area contributed by atoms with Gasteiger partial charge in [0.2, 0.25) is 0 Å². The minimum atomic E-state index is 0.567. The highest BCUT2D eigenvalue weighted by molar-refractivity contribution is 7.19. The van der Waals surface area contributed by atoms with E-state index in [1.165, 1.54) is 36.1 Å². The lowest BCUT2D eigenvalue weighted by atomic mass is 10.2. The second kappa shape index (κ2) is 4.39. The molecule has 1 fully saturated rings. The van der Waals surface area contributed by atoms with E-state index in [0.29, 0.717) is 6.04 Å². The lowest BCUT2D eigenvalue weighted by Crippen LogP contribution is -2.08. The number of aromatic nitrogens is 3. The second-order valence-corrected chi connectivity index (χ2v) is 6.12. The number of thiophene rings is 1. The van der Waals surface area contributed by atoms with Crippen LogP contribution < -0.4 is 5.73 Å². The largest absolute Gasteiger partial charge is 0.391 e. The molecule has 96 valence electrons. The third-order valence-electron chi connectivity index (χ3n) is 3.70. The van der Waals surface area contributed by atoms with E-state index >= 15 is 0 Å². The van der Waals surface area contributed by atoms with Gasteiger partial charge in [0, 0.05) is 6.04 Å². The summed E-state index contributed by atoms with van der Waals surface area (Å²) in [5.74, 6) is 2.02. The summed E-state index contributed by atoms with van der Waals surface area (Å²) in [6.07, 6.45) is 5.11. The molecule has 0 aromatic carbocycles. The van der Waals surface area contributed by atoms with Gasteiger partial charge in [-0.05, 0) is 38.3 Å². The molecule has 0 radical (unpaired) electrons. The highest BCUT2D eigenvalue weighted by atomic mass is 32.1. The topological polar surface area (TPSA) is 56.7 Å². The Morgan fingerprint density at radius 1 is 1.28 bits per heavy atom. The van der Waals surface area contributed by atoms with Crippen LogP contribution in [0.4, 0.5) is 5.00 Å². The fourth-order valence-electron chi connectivity index (χ4n) is 2.85. The van der Waals surface area contributed by atoms with Crippen molar-refractivity contribution < 1.29 is 0 Å². The maximum Gasteiger partial charge on any atom is 0.174 e. The predicted molar refractivity (Wildman–Crippen MR) is 74.7 cm³/mol. The fraction of sp³-hybridized carbons (Fsp3) is 0.538. The van der Waals surface area contributed by atoms with Crippen LogP contribution in [0.15, 0.2) is 6.07 Å². The molecule has 18 heavy (non-hydrogen) atoms. The molecule has 5 heteroatoms. The van der Waals surface area contributed by atoms with E-state index in [1.807, 2.05) is 13.0 Å². The van der Waals surface area contributed by atoms with Gasteiger partial charge in [0.05, 0.1) is 9.88 Å². The van der Waals surface area contributed by atoms with Gasteiger partial charge in [0.15, 0.2) is 5.82 Å². The molecule has 4 nitrogen and oxygen atoms in total. The van der Waals surface area contributed by atoms with Crippen LogP contribution in [0.5, 0.6) is 0 Å². The molecule has 3 rings (SSSR count). The van der Waals surface area contributed by atoms with Crippen molar-refractivity contribution in [3.8, 4) is 10.7 Å². The van der Waals surface area contributed by atoms with Gasteiger partial charge in [-0.1, -0.05) is 12.8 Å². The molecule has 2 heterocycles. The summed E-state index contributed by atoms with van der Waals surface area (Å²) in [6, 6.07) is 2.58. The van der Waals surface area contributed by atoms with E-state index in [0.717, 1.165) is 16.6 Å². The Hall–Kier alpha value is -1.36. The molecule has 0 atom stereocenters. The van der Waals surface area contributed by atoms with Crippen LogP contribution in [-0.2, 0) is 0 Å². The first-order valence-electron chi connectivity index (χ1n) is 6.44. The molecule has 1 saturated carbocycles. The summed E-state index contributed by atoms with van der Waals surface area (Å²) in [5, 5.41) is 9.49. The van der Waals surface area contributed by atoms with Gasteiger partial charge in [0.25, 0.3) is 0 Å². The summed E-state index contributed by atoms with van der Waals surface area (Å²) in [6.45, 7) is 4.13. The molecule has 0 unspecified atom stereocenters. The normalized spacial score (nSPS) is 16.6. The van der Waals surface area contributed by atoms with E-state index in [-0.39, 0.29) is 0 Å². The van der Waals surface area contributed by atoms with Crippen LogP contribution in [0.2, 0.25) is 0 Å². The Bertz CT molecular complexity index is 564. The molecule has 0 spiro atoms. The Morgan fingerprint density at radius 3 is 2.61 bits per heavy atom.